The van der Waals surface area contributed by atoms with E-state index >= 15 is 0 Å². The van der Waals surface area contributed by atoms with Gasteiger partial charge in [0.25, 0.3) is 0 Å². The molecule has 1 rings (SSSR count). The summed E-state index contributed by atoms with van der Waals surface area (Å²) in [5, 5.41) is 3.73. The zero-order chi connectivity index (χ0) is 15.0. The summed E-state index contributed by atoms with van der Waals surface area (Å²) in [5.41, 5.74) is 4.26. The molecule has 2 unspecified atom stereocenters. The van der Waals surface area contributed by atoms with E-state index in [4.69, 9.17) is 0 Å². The second-order valence-corrected chi connectivity index (χ2v) is 6.17. The summed E-state index contributed by atoms with van der Waals surface area (Å²) in [4.78, 5) is 0. The number of unbranched alkanes of at least 4 members (excludes halogenated alkanes) is 1. The van der Waals surface area contributed by atoms with Gasteiger partial charge in [0.2, 0.25) is 0 Å². The maximum atomic E-state index is 3.73. The lowest BCUT2D eigenvalue weighted by atomic mass is 9.87. The Morgan fingerprint density at radius 1 is 1.00 bits per heavy atom. The third-order valence-electron chi connectivity index (χ3n) is 4.23. The van der Waals surface area contributed by atoms with Gasteiger partial charge in [-0.1, -0.05) is 69.4 Å². The molecule has 0 aromatic heterocycles. The average molecular weight is 275 g/mol. The van der Waals surface area contributed by atoms with E-state index in [1.54, 1.807) is 0 Å². The minimum Gasteiger partial charge on any atom is -0.314 e. The van der Waals surface area contributed by atoms with E-state index in [9.17, 15) is 0 Å². The average Bonchev–Trinajstić information content (AvgIpc) is 2.38. The van der Waals surface area contributed by atoms with Crippen molar-refractivity contribution in [1.82, 2.24) is 5.32 Å². The second-order valence-electron chi connectivity index (χ2n) is 6.17. The molecule has 114 valence electrons. The first-order chi connectivity index (χ1) is 9.60. The fourth-order valence-electron chi connectivity index (χ4n) is 3.26. The fraction of sp³-hybridized carbons (Fsp3) is 0.684. The lowest BCUT2D eigenvalue weighted by Gasteiger charge is -2.27. The fourth-order valence-corrected chi connectivity index (χ4v) is 3.26. The Morgan fingerprint density at radius 3 is 2.15 bits per heavy atom. The van der Waals surface area contributed by atoms with Gasteiger partial charge < -0.3 is 5.32 Å². The maximum absolute atomic E-state index is 3.73. The van der Waals surface area contributed by atoms with Gasteiger partial charge >= 0.3 is 0 Å². The Kier molecular flexibility index (Phi) is 7.91. The molecule has 0 aliphatic rings. The zero-order valence-corrected chi connectivity index (χ0v) is 14.1. The smallest absolute Gasteiger partial charge is 0.0135 e. The molecule has 0 amide bonds. The predicted molar refractivity (Wildman–Crippen MR) is 90.4 cm³/mol. The molecule has 0 saturated carbocycles. The van der Waals surface area contributed by atoms with Crippen molar-refractivity contribution in [3.8, 4) is 0 Å². The third kappa shape index (κ3) is 5.66. The van der Waals surface area contributed by atoms with Crippen molar-refractivity contribution < 1.29 is 0 Å². The summed E-state index contributed by atoms with van der Waals surface area (Å²) in [6.07, 6.45) is 6.46. The molecule has 0 bridgehead atoms. The van der Waals surface area contributed by atoms with Gasteiger partial charge in [-0.15, -0.1) is 0 Å². The van der Waals surface area contributed by atoms with Crippen molar-refractivity contribution in [1.29, 1.82) is 0 Å². The Balaban J connectivity index is 2.78. The van der Waals surface area contributed by atoms with E-state index in [2.05, 4.69) is 58.1 Å². The van der Waals surface area contributed by atoms with Crippen molar-refractivity contribution in [2.45, 2.75) is 72.8 Å². The Morgan fingerprint density at radius 2 is 1.65 bits per heavy atom. The molecule has 2 atom stereocenters. The minimum atomic E-state index is 0.623. The number of aryl methyl sites for hydroxylation is 2. The van der Waals surface area contributed by atoms with Gasteiger partial charge in [-0.3, -0.25) is 0 Å². The molecule has 1 nitrogen and oxygen atoms in total. The zero-order valence-electron chi connectivity index (χ0n) is 14.1. The lowest BCUT2D eigenvalue weighted by Crippen LogP contribution is -2.38. The van der Waals surface area contributed by atoms with Crippen molar-refractivity contribution in [3.63, 3.8) is 0 Å². The van der Waals surface area contributed by atoms with Gasteiger partial charge in [0.05, 0.1) is 0 Å². The van der Waals surface area contributed by atoms with Gasteiger partial charge in [0.15, 0.2) is 0 Å². The first-order valence-corrected chi connectivity index (χ1v) is 8.41. The largest absolute Gasteiger partial charge is 0.314 e. The van der Waals surface area contributed by atoms with Crippen molar-refractivity contribution >= 4 is 0 Å². The molecule has 1 heteroatoms. The lowest BCUT2D eigenvalue weighted by molar-refractivity contribution is 0.319. The van der Waals surface area contributed by atoms with E-state index in [-0.39, 0.29) is 0 Å². The van der Waals surface area contributed by atoms with Gasteiger partial charge in [-0.2, -0.15) is 0 Å². The highest BCUT2D eigenvalue weighted by Crippen LogP contribution is 2.21. The molecule has 0 aliphatic carbocycles. The molecular weight excluding hydrogens is 242 g/mol. The van der Waals surface area contributed by atoms with Crippen LogP contribution in [0.4, 0.5) is 0 Å². The van der Waals surface area contributed by atoms with E-state index in [0.29, 0.717) is 6.04 Å². The molecule has 1 aromatic carbocycles. The molecule has 0 spiro atoms. The summed E-state index contributed by atoms with van der Waals surface area (Å²) in [7, 11) is 0. The van der Waals surface area contributed by atoms with E-state index in [1.165, 1.54) is 48.8 Å². The molecule has 0 radical (unpaired) electrons. The number of hydrogen-bond acceptors (Lipinski definition) is 1. The number of rotatable bonds is 9. The van der Waals surface area contributed by atoms with Crippen LogP contribution in [0, 0.1) is 19.8 Å². The molecule has 0 aliphatic heterocycles. The van der Waals surface area contributed by atoms with Gasteiger partial charge in [-0.05, 0) is 44.7 Å². The summed E-state index contributed by atoms with van der Waals surface area (Å²) in [6.45, 7) is 12.3. The molecule has 0 saturated heterocycles. The first-order valence-electron chi connectivity index (χ1n) is 8.41. The minimum absolute atomic E-state index is 0.623. The van der Waals surface area contributed by atoms with Gasteiger partial charge in [0.1, 0.15) is 0 Å². The predicted octanol–water partition coefficient (Wildman–Crippen LogP) is 5.04. The number of hydrogen-bond donors (Lipinski definition) is 1. The highest BCUT2D eigenvalue weighted by atomic mass is 14.9. The van der Waals surface area contributed by atoms with Crippen molar-refractivity contribution in [2.24, 2.45) is 5.92 Å². The van der Waals surface area contributed by atoms with Crippen molar-refractivity contribution in [2.75, 3.05) is 6.54 Å². The van der Waals surface area contributed by atoms with E-state index in [0.717, 1.165) is 12.5 Å². The molecule has 20 heavy (non-hydrogen) atoms. The van der Waals surface area contributed by atoms with Gasteiger partial charge in [-0.25, -0.2) is 0 Å². The van der Waals surface area contributed by atoms with Crippen LogP contribution in [0.25, 0.3) is 0 Å². The monoisotopic (exact) mass is 275 g/mol. The van der Waals surface area contributed by atoms with Crippen LogP contribution in [0.5, 0.6) is 0 Å². The van der Waals surface area contributed by atoms with Crippen LogP contribution in [-0.4, -0.2) is 12.6 Å². The maximum Gasteiger partial charge on any atom is 0.0135 e. The molecule has 0 heterocycles. The first kappa shape index (κ1) is 17.2. The van der Waals surface area contributed by atoms with Crippen LogP contribution in [0.2, 0.25) is 0 Å². The number of benzene rings is 1. The van der Waals surface area contributed by atoms with E-state index in [1.807, 2.05) is 0 Å². The highest BCUT2D eigenvalue weighted by Gasteiger charge is 2.19. The SMILES string of the molecule is CCCCC(CC)C(Cc1cc(C)cc(C)c1)NCC. The molecular formula is C19H33N. The van der Waals surface area contributed by atoms with Crippen LogP contribution < -0.4 is 5.32 Å². The Bertz CT molecular complexity index is 363. The summed E-state index contributed by atoms with van der Waals surface area (Å²) in [6, 6.07) is 7.59. The van der Waals surface area contributed by atoms with Crippen molar-refractivity contribution in [3.05, 3.63) is 34.9 Å². The van der Waals surface area contributed by atoms with Crippen LogP contribution in [0.15, 0.2) is 18.2 Å². The van der Waals surface area contributed by atoms with Crippen LogP contribution in [0.1, 0.15) is 63.1 Å². The summed E-state index contributed by atoms with van der Waals surface area (Å²) in [5.74, 6) is 0.802. The van der Waals surface area contributed by atoms with Gasteiger partial charge in [0, 0.05) is 6.04 Å². The standard InChI is InChI=1S/C19H33N/c1-6-9-10-18(7-2)19(20-8-3)14-17-12-15(4)11-16(5)13-17/h11-13,18-20H,6-10,14H2,1-5H3. The van der Waals surface area contributed by atoms with E-state index < -0.39 is 0 Å². The van der Waals surface area contributed by atoms with Crippen LogP contribution in [0.3, 0.4) is 0 Å². The quantitative estimate of drug-likeness (QED) is 0.665. The van der Waals surface area contributed by atoms with Crippen LogP contribution >= 0.6 is 0 Å². The van der Waals surface area contributed by atoms with Crippen LogP contribution in [-0.2, 0) is 6.42 Å². The Hall–Kier alpha value is -0.820. The Labute approximate surface area is 126 Å². The topological polar surface area (TPSA) is 12.0 Å². The molecule has 1 N–H and O–H groups in total. The summed E-state index contributed by atoms with van der Waals surface area (Å²) < 4.78 is 0. The summed E-state index contributed by atoms with van der Waals surface area (Å²) >= 11 is 0. The number of nitrogens with one attached hydrogen (secondary N) is 1. The number of likely N-dealkylation sites (N-methyl/N-ethyl adjacent to an activating group) is 1. The molecule has 1 aromatic rings. The highest BCUT2D eigenvalue weighted by molar-refractivity contribution is 5.29. The molecule has 0 fully saturated rings. The normalized spacial score (nSPS) is 14.2. The second kappa shape index (κ2) is 9.18. The third-order valence-corrected chi connectivity index (χ3v) is 4.23.